The van der Waals surface area contributed by atoms with Gasteiger partial charge in [-0.1, -0.05) is 12.1 Å². The van der Waals surface area contributed by atoms with E-state index in [4.69, 9.17) is 4.74 Å². The summed E-state index contributed by atoms with van der Waals surface area (Å²) in [6.45, 7) is 0. The Labute approximate surface area is 129 Å². The summed E-state index contributed by atoms with van der Waals surface area (Å²) in [6, 6.07) is 9.56. The highest BCUT2D eigenvalue weighted by Crippen LogP contribution is 2.49. The number of halogens is 4. The number of cyclic esters (lactones) is 1. The minimum atomic E-state index is -4.93. The number of hydrogen-bond acceptors (Lipinski definition) is 3. The summed E-state index contributed by atoms with van der Waals surface area (Å²) in [5.41, 5.74) is -3.26. The van der Waals surface area contributed by atoms with Crippen molar-refractivity contribution >= 4 is 11.7 Å². The van der Waals surface area contributed by atoms with Gasteiger partial charge in [-0.05, 0) is 36.4 Å². The third-order valence-electron chi connectivity index (χ3n) is 3.82. The fourth-order valence-corrected chi connectivity index (χ4v) is 2.71. The standard InChI is InChI=1S/C16H11F4NO2/c1-21-13-5-3-2-4-12(13)14(22)23-15(21,16(18,19)20)10-6-8-11(17)9-7-10/h2-9H,1H3/t15-/m0/s1. The summed E-state index contributed by atoms with van der Waals surface area (Å²) in [4.78, 5) is 13.0. The Balaban J connectivity index is 2.26. The van der Waals surface area contributed by atoms with Crippen LogP contribution in [0.2, 0.25) is 0 Å². The molecule has 3 nitrogen and oxygen atoms in total. The first-order chi connectivity index (χ1) is 10.8. The number of benzene rings is 2. The first kappa shape index (κ1) is 15.3. The number of fused-ring (bicyclic) bond motifs is 1. The van der Waals surface area contributed by atoms with E-state index in [0.717, 1.165) is 29.2 Å². The first-order valence-electron chi connectivity index (χ1n) is 6.66. The highest BCUT2D eigenvalue weighted by Gasteiger charge is 2.65. The number of hydrogen-bond donors (Lipinski definition) is 0. The van der Waals surface area contributed by atoms with Crippen LogP contribution in [0.1, 0.15) is 15.9 Å². The molecule has 0 bridgehead atoms. The van der Waals surface area contributed by atoms with Crippen molar-refractivity contribution in [3.05, 3.63) is 65.5 Å². The van der Waals surface area contributed by atoms with Gasteiger partial charge in [-0.25, -0.2) is 9.18 Å². The van der Waals surface area contributed by atoms with Crippen LogP contribution in [-0.4, -0.2) is 19.2 Å². The zero-order chi connectivity index (χ0) is 16.8. The maximum atomic E-state index is 13.9. The fourth-order valence-electron chi connectivity index (χ4n) is 2.71. The van der Waals surface area contributed by atoms with Crippen LogP contribution in [0.25, 0.3) is 0 Å². The highest BCUT2D eigenvalue weighted by molar-refractivity contribution is 5.98. The Hall–Kier alpha value is -2.57. The molecule has 2 aromatic rings. The molecule has 0 N–H and O–H groups in total. The van der Waals surface area contributed by atoms with Gasteiger partial charge in [-0.15, -0.1) is 0 Å². The number of esters is 1. The van der Waals surface area contributed by atoms with Crippen LogP contribution in [0.3, 0.4) is 0 Å². The van der Waals surface area contributed by atoms with E-state index >= 15 is 0 Å². The molecule has 7 heteroatoms. The molecular weight excluding hydrogens is 314 g/mol. The predicted octanol–water partition coefficient (Wildman–Crippen LogP) is 3.85. The molecule has 0 amide bonds. The molecule has 120 valence electrons. The second-order valence-electron chi connectivity index (χ2n) is 5.11. The predicted molar refractivity (Wildman–Crippen MR) is 74.4 cm³/mol. The van der Waals surface area contributed by atoms with Crippen LogP contribution in [-0.2, 0) is 10.5 Å². The smallest absolute Gasteiger partial charge is 0.421 e. The van der Waals surface area contributed by atoms with Gasteiger partial charge in [0.1, 0.15) is 5.82 Å². The summed E-state index contributed by atoms with van der Waals surface area (Å²) < 4.78 is 59.6. The number of carbonyl (C=O) groups is 1. The second-order valence-corrected chi connectivity index (χ2v) is 5.11. The minimum absolute atomic E-state index is 0.0389. The Bertz CT molecular complexity index is 757. The quantitative estimate of drug-likeness (QED) is 0.589. The monoisotopic (exact) mass is 325 g/mol. The largest absolute Gasteiger partial charge is 0.453 e. The van der Waals surface area contributed by atoms with Crippen LogP contribution in [0.4, 0.5) is 23.2 Å². The molecule has 0 radical (unpaired) electrons. The lowest BCUT2D eigenvalue weighted by Crippen LogP contribution is -2.60. The lowest BCUT2D eigenvalue weighted by Gasteiger charge is -2.46. The van der Waals surface area contributed by atoms with E-state index in [1.807, 2.05) is 0 Å². The van der Waals surface area contributed by atoms with Crippen molar-refractivity contribution in [3.8, 4) is 0 Å². The highest BCUT2D eigenvalue weighted by atomic mass is 19.4. The van der Waals surface area contributed by atoms with Crippen LogP contribution < -0.4 is 4.90 Å². The Kier molecular flexibility index (Phi) is 3.31. The summed E-state index contributed by atoms with van der Waals surface area (Å²) in [5, 5.41) is 0. The van der Waals surface area contributed by atoms with Gasteiger partial charge < -0.3 is 9.64 Å². The number of anilines is 1. The number of para-hydroxylation sites is 1. The van der Waals surface area contributed by atoms with E-state index in [2.05, 4.69) is 0 Å². The van der Waals surface area contributed by atoms with Crippen LogP contribution in [0.15, 0.2) is 48.5 Å². The average molecular weight is 325 g/mol. The van der Waals surface area contributed by atoms with Crippen molar-refractivity contribution in [3.63, 3.8) is 0 Å². The SMILES string of the molecule is CN1c2ccccc2C(=O)O[C@@]1(c1ccc(F)cc1)C(F)(F)F. The number of ether oxygens (including phenoxy) is 1. The zero-order valence-electron chi connectivity index (χ0n) is 11.9. The summed E-state index contributed by atoms with van der Waals surface area (Å²) in [7, 11) is 1.18. The molecule has 1 aliphatic heterocycles. The van der Waals surface area contributed by atoms with Gasteiger partial charge in [-0.3, -0.25) is 0 Å². The van der Waals surface area contributed by atoms with Crippen LogP contribution in [0.5, 0.6) is 0 Å². The van der Waals surface area contributed by atoms with Crippen molar-refractivity contribution in [2.24, 2.45) is 0 Å². The summed E-state index contributed by atoms with van der Waals surface area (Å²) in [5.74, 6) is -1.77. The fraction of sp³-hybridized carbons (Fsp3) is 0.188. The van der Waals surface area contributed by atoms with Gasteiger partial charge in [-0.2, -0.15) is 13.2 Å². The molecule has 2 aromatic carbocycles. The second kappa shape index (κ2) is 4.97. The first-order valence-corrected chi connectivity index (χ1v) is 6.66. The van der Waals surface area contributed by atoms with Crippen molar-refractivity contribution in [1.29, 1.82) is 0 Å². The third kappa shape index (κ3) is 2.15. The average Bonchev–Trinajstić information content (AvgIpc) is 2.51. The van der Waals surface area contributed by atoms with Gasteiger partial charge in [0.05, 0.1) is 11.3 Å². The van der Waals surface area contributed by atoms with Gasteiger partial charge in [0, 0.05) is 12.6 Å². The number of alkyl halides is 3. The number of nitrogens with zero attached hydrogens (tertiary/aromatic N) is 1. The lowest BCUT2D eigenvalue weighted by atomic mass is 9.96. The number of rotatable bonds is 1. The molecule has 0 unspecified atom stereocenters. The van der Waals surface area contributed by atoms with E-state index < -0.39 is 23.7 Å². The van der Waals surface area contributed by atoms with Gasteiger partial charge in [0.15, 0.2) is 0 Å². The normalized spacial score (nSPS) is 20.9. The molecule has 23 heavy (non-hydrogen) atoms. The van der Waals surface area contributed by atoms with E-state index in [1.165, 1.54) is 31.3 Å². The molecule has 1 atom stereocenters. The topological polar surface area (TPSA) is 29.5 Å². The third-order valence-corrected chi connectivity index (χ3v) is 3.82. The summed E-state index contributed by atoms with van der Waals surface area (Å²) in [6.07, 6.45) is -4.93. The van der Waals surface area contributed by atoms with E-state index in [1.54, 1.807) is 0 Å². The van der Waals surface area contributed by atoms with E-state index in [9.17, 15) is 22.4 Å². The molecule has 0 saturated heterocycles. The Morgan fingerprint density at radius 3 is 2.26 bits per heavy atom. The van der Waals surface area contributed by atoms with Crippen molar-refractivity contribution < 1.29 is 27.1 Å². The minimum Gasteiger partial charge on any atom is -0.421 e. The lowest BCUT2D eigenvalue weighted by molar-refractivity contribution is -0.265. The maximum absolute atomic E-state index is 13.9. The van der Waals surface area contributed by atoms with Crippen LogP contribution >= 0.6 is 0 Å². The van der Waals surface area contributed by atoms with E-state index in [0.29, 0.717) is 0 Å². The molecule has 0 aliphatic carbocycles. The molecule has 0 saturated carbocycles. The van der Waals surface area contributed by atoms with E-state index in [-0.39, 0.29) is 16.8 Å². The van der Waals surface area contributed by atoms with Crippen molar-refractivity contribution in [2.75, 3.05) is 11.9 Å². The van der Waals surface area contributed by atoms with Gasteiger partial charge in [0.2, 0.25) is 0 Å². The molecule has 1 aliphatic rings. The molecule has 0 spiro atoms. The molecular formula is C16H11F4NO2. The number of carbonyl (C=O) groups excluding carboxylic acids is 1. The zero-order valence-corrected chi connectivity index (χ0v) is 11.9. The summed E-state index contributed by atoms with van der Waals surface area (Å²) >= 11 is 0. The van der Waals surface area contributed by atoms with Gasteiger partial charge in [0.25, 0.3) is 0 Å². The molecule has 3 rings (SSSR count). The van der Waals surface area contributed by atoms with Crippen LogP contribution in [0, 0.1) is 5.82 Å². The van der Waals surface area contributed by atoms with Crippen molar-refractivity contribution in [1.82, 2.24) is 0 Å². The molecule has 1 heterocycles. The molecule has 0 aromatic heterocycles. The maximum Gasteiger partial charge on any atom is 0.453 e. The van der Waals surface area contributed by atoms with Gasteiger partial charge >= 0.3 is 17.9 Å². The molecule has 0 fully saturated rings. The Morgan fingerprint density at radius 1 is 1.04 bits per heavy atom. The Morgan fingerprint density at radius 2 is 1.65 bits per heavy atom. The van der Waals surface area contributed by atoms with Crippen molar-refractivity contribution in [2.45, 2.75) is 11.9 Å².